The molecule has 2 fully saturated rings. The van der Waals surface area contributed by atoms with Crippen LogP contribution in [0.15, 0.2) is 121 Å². The molecular weight excluding hydrogens is 628 g/mol. The first-order chi connectivity index (χ1) is 24.5. The average molecular weight is 681 g/mol. The fourth-order valence-corrected chi connectivity index (χ4v) is 6.91. The second-order valence-electron chi connectivity index (χ2n) is 13.7. The van der Waals surface area contributed by atoms with Crippen LogP contribution in [0.3, 0.4) is 0 Å². The molecule has 0 spiro atoms. The molecular formula is C43H52O7. The molecule has 0 saturated carbocycles. The molecule has 2 heterocycles. The van der Waals surface area contributed by atoms with Crippen molar-refractivity contribution in [2.24, 2.45) is 11.8 Å². The Balaban J connectivity index is 1.25. The van der Waals surface area contributed by atoms with E-state index in [-0.39, 0.29) is 42.4 Å². The normalized spacial score (nSPS) is 29.8. The molecule has 6 rings (SSSR count). The lowest BCUT2D eigenvalue weighted by atomic mass is 9.87. The van der Waals surface area contributed by atoms with Crippen molar-refractivity contribution < 1.29 is 33.2 Å². The van der Waals surface area contributed by atoms with Gasteiger partial charge in [-0.2, -0.15) is 0 Å². The summed E-state index contributed by atoms with van der Waals surface area (Å²) in [5.74, 6) is -0.105. The summed E-state index contributed by atoms with van der Waals surface area (Å²) < 4.78 is 46.8. The van der Waals surface area contributed by atoms with Crippen molar-refractivity contribution >= 4 is 0 Å². The minimum absolute atomic E-state index is 0.0115. The molecule has 2 aliphatic heterocycles. The van der Waals surface area contributed by atoms with E-state index in [1.165, 1.54) is 0 Å². The maximum atomic E-state index is 7.07. The smallest absolute Gasteiger partial charge is 0.163 e. The van der Waals surface area contributed by atoms with Crippen molar-refractivity contribution in [1.82, 2.24) is 0 Å². The summed E-state index contributed by atoms with van der Waals surface area (Å²) in [4.78, 5) is 0. The SMILES string of the molecule is CC1C(OCc2ccccc2)[C@H](OCc2ccccc2)C(COCc2ccccc2)O[C@@H]1OC1[C@@H](OCc2ccccc2)C(C)O[C@@H](C)[C@H]1C. The standard InChI is InChI=1S/C43H52O7/c1-30-32(3)48-33(4)41(46-27-36-21-13-7-14-22-36)40(30)50-43-31(2)39(45-26-35-19-11-6-12-20-35)42(47-28-37-23-15-8-16-24-37)38(49-43)29-44-25-34-17-9-5-10-18-34/h5-24,30-33,38-43H,25-29H2,1-4H3/t30-,31?,32+,33?,38?,39?,40?,41+,42-,43-/m1/s1. The molecule has 0 aliphatic carbocycles. The van der Waals surface area contributed by atoms with Gasteiger partial charge in [0.15, 0.2) is 6.29 Å². The highest BCUT2D eigenvalue weighted by Crippen LogP contribution is 2.37. The Morgan fingerprint density at radius 2 is 0.880 bits per heavy atom. The Morgan fingerprint density at radius 1 is 0.440 bits per heavy atom. The molecule has 10 atom stereocenters. The highest BCUT2D eigenvalue weighted by atomic mass is 16.7. The predicted octanol–water partition coefficient (Wildman–Crippen LogP) is 8.15. The highest BCUT2D eigenvalue weighted by molar-refractivity contribution is 5.16. The summed E-state index contributed by atoms with van der Waals surface area (Å²) in [5.41, 5.74) is 4.38. The van der Waals surface area contributed by atoms with E-state index in [9.17, 15) is 0 Å². The fraction of sp³-hybridized carbons (Fsp3) is 0.442. The lowest BCUT2D eigenvalue weighted by Gasteiger charge is -2.49. The van der Waals surface area contributed by atoms with Gasteiger partial charge >= 0.3 is 0 Å². The summed E-state index contributed by atoms with van der Waals surface area (Å²) in [7, 11) is 0. The van der Waals surface area contributed by atoms with Crippen molar-refractivity contribution in [2.45, 2.75) is 103 Å². The van der Waals surface area contributed by atoms with Crippen molar-refractivity contribution in [3.05, 3.63) is 144 Å². The van der Waals surface area contributed by atoms with E-state index in [0.717, 1.165) is 22.3 Å². The number of hydrogen-bond donors (Lipinski definition) is 0. The maximum absolute atomic E-state index is 7.07. The summed E-state index contributed by atoms with van der Waals surface area (Å²) in [6.07, 6.45) is -2.51. The molecule has 266 valence electrons. The first-order valence-electron chi connectivity index (χ1n) is 18.0. The van der Waals surface area contributed by atoms with Crippen molar-refractivity contribution in [1.29, 1.82) is 0 Å². The Morgan fingerprint density at radius 3 is 1.38 bits per heavy atom. The Kier molecular flexibility index (Phi) is 13.2. The maximum Gasteiger partial charge on any atom is 0.163 e. The molecule has 0 aromatic heterocycles. The van der Waals surface area contributed by atoms with Crippen LogP contribution >= 0.6 is 0 Å². The Bertz CT molecular complexity index is 1520. The molecule has 7 heteroatoms. The number of benzene rings is 4. The van der Waals surface area contributed by atoms with E-state index in [4.69, 9.17) is 33.2 Å². The summed E-state index contributed by atoms with van der Waals surface area (Å²) in [6, 6.07) is 40.9. The van der Waals surface area contributed by atoms with E-state index >= 15 is 0 Å². The molecule has 4 aromatic rings. The second-order valence-corrected chi connectivity index (χ2v) is 13.7. The lowest BCUT2D eigenvalue weighted by molar-refractivity contribution is -0.335. The third-order valence-corrected chi connectivity index (χ3v) is 9.96. The quantitative estimate of drug-likeness (QED) is 0.126. The zero-order chi connectivity index (χ0) is 34.7. The van der Waals surface area contributed by atoms with Crippen LogP contribution < -0.4 is 0 Å². The van der Waals surface area contributed by atoms with Crippen LogP contribution in [0.2, 0.25) is 0 Å². The van der Waals surface area contributed by atoms with Crippen LogP contribution in [0, 0.1) is 11.8 Å². The number of hydrogen-bond acceptors (Lipinski definition) is 7. The lowest BCUT2D eigenvalue weighted by Crippen LogP contribution is -2.61. The van der Waals surface area contributed by atoms with Gasteiger partial charge in [-0.15, -0.1) is 0 Å². The second kappa shape index (κ2) is 18.2. The van der Waals surface area contributed by atoms with Crippen LogP contribution in [0.1, 0.15) is 49.9 Å². The third-order valence-electron chi connectivity index (χ3n) is 9.96. The zero-order valence-corrected chi connectivity index (χ0v) is 29.7. The number of ether oxygens (including phenoxy) is 7. The third kappa shape index (κ3) is 9.68. The molecule has 2 saturated heterocycles. The highest BCUT2D eigenvalue weighted by Gasteiger charge is 2.50. The van der Waals surface area contributed by atoms with Gasteiger partial charge in [0.25, 0.3) is 0 Å². The van der Waals surface area contributed by atoms with E-state index in [1.807, 2.05) is 72.8 Å². The van der Waals surface area contributed by atoms with Gasteiger partial charge in [0.2, 0.25) is 0 Å². The summed E-state index contributed by atoms with van der Waals surface area (Å²) in [6.45, 7) is 10.6. The minimum atomic E-state index is -0.592. The van der Waals surface area contributed by atoms with Crippen molar-refractivity contribution in [3.63, 3.8) is 0 Å². The topological polar surface area (TPSA) is 64.6 Å². The molecule has 50 heavy (non-hydrogen) atoms. The molecule has 0 N–H and O–H groups in total. The molecule has 0 radical (unpaired) electrons. The van der Waals surface area contributed by atoms with Crippen LogP contribution in [0.25, 0.3) is 0 Å². The van der Waals surface area contributed by atoms with Gasteiger partial charge in [-0.1, -0.05) is 135 Å². The minimum Gasteiger partial charge on any atom is -0.374 e. The van der Waals surface area contributed by atoms with E-state index in [0.29, 0.717) is 33.0 Å². The van der Waals surface area contributed by atoms with Crippen molar-refractivity contribution in [2.75, 3.05) is 6.61 Å². The molecule has 7 nitrogen and oxygen atoms in total. The van der Waals surface area contributed by atoms with Crippen LogP contribution in [0.5, 0.6) is 0 Å². The molecule has 0 amide bonds. The molecule has 5 unspecified atom stereocenters. The first-order valence-corrected chi connectivity index (χ1v) is 18.0. The zero-order valence-electron chi connectivity index (χ0n) is 29.7. The van der Waals surface area contributed by atoms with E-state index in [1.54, 1.807) is 0 Å². The van der Waals surface area contributed by atoms with Gasteiger partial charge in [0.05, 0.1) is 57.5 Å². The molecule has 2 aliphatic rings. The van der Waals surface area contributed by atoms with Gasteiger partial charge in [0.1, 0.15) is 18.3 Å². The van der Waals surface area contributed by atoms with Crippen LogP contribution in [0.4, 0.5) is 0 Å². The van der Waals surface area contributed by atoms with Gasteiger partial charge in [-0.25, -0.2) is 0 Å². The van der Waals surface area contributed by atoms with Gasteiger partial charge in [-0.05, 0) is 36.1 Å². The molecule has 4 aromatic carbocycles. The summed E-state index contributed by atoms with van der Waals surface area (Å²) >= 11 is 0. The first kappa shape index (κ1) is 36.4. The van der Waals surface area contributed by atoms with Crippen molar-refractivity contribution in [3.8, 4) is 0 Å². The van der Waals surface area contributed by atoms with E-state index in [2.05, 4.69) is 76.2 Å². The average Bonchev–Trinajstić information content (AvgIpc) is 3.15. The van der Waals surface area contributed by atoms with Gasteiger partial charge in [0, 0.05) is 11.8 Å². The predicted molar refractivity (Wildman–Crippen MR) is 193 cm³/mol. The largest absolute Gasteiger partial charge is 0.374 e. The van der Waals surface area contributed by atoms with E-state index < -0.39 is 18.5 Å². The fourth-order valence-electron chi connectivity index (χ4n) is 6.91. The van der Waals surface area contributed by atoms with Gasteiger partial charge < -0.3 is 33.2 Å². The van der Waals surface area contributed by atoms with Gasteiger partial charge in [-0.3, -0.25) is 0 Å². The van der Waals surface area contributed by atoms with Crippen LogP contribution in [-0.4, -0.2) is 55.6 Å². The Hall–Kier alpha value is -3.40. The molecule has 0 bridgehead atoms. The number of rotatable bonds is 15. The summed E-state index contributed by atoms with van der Waals surface area (Å²) in [5, 5.41) is 0. The van der Waals surface area contributed by atoms with Crippen LogP contribution in [-0.2, 0) is 59.6 Å². The Labute approximate surface area is 297 Å². The monoisotopic (exact) mass is 680 g/mol.